The monoisotopic (exact) mass is 276 g/mol. The van der Waals surface area contributed by atoms with Crippen LogP contribution in [0.25, 0.3) is 0 Å². The van der Waals surface area contributed by atoms with Crippen molar-refractivity contribution < 1.29 is 13.6 Å². The molecule has 5 heteroatoms. The van der Waals surface area contributed by atoms with Crippen LogP contribution in [0.2, 0.25) is 0 Å². The SMILES string of the molecule is CCc1ccc(C(=O)Nc2ccc(F)c(F)c2)cc1N. The van der Waals surface area contributed by atoms with Crippen LogP contribution in [0.3, 0.4) is 0 Å². The first-order valence-electron chi connectivity index (χ1n) is 6.16. The standard InChI is InChI=1S/C15H14F2N2O/c1-2-9-3-4-10(7-14(9)18)15(20)19-11-5-6-12(16)13(17)8-11/h3-8H,2,18H2,1H3,(H,19,20). The minimum Gasteiger partial charge on any atom is -0.398 e. The van der Waals surface area contributed by atoms with Gasteiger partial charge in [0.2, 0.25) is 0 Å². The second kappa shape index (κ2) is 5.69. The number of halogens is 2. The molecule has 0 spiro atoms. The molecule has 2 aromatic rings. The Hall–Kier alpha value is -2.43. The molecule has 0 aliphatic rings. The molecule has 0 bridgehead atoms. The van der Waals surface area contributed by atoms with E-state index in [9.17, 15) is 13.6 Å². The van der Waals surface area contributed by atoms with Gasteiger partial charge in [0, 0.05) is 23.0 Å². The maximum absolute atomic E-state index is 13.0. The summed E-state index contributed by atoms with van der Waals surface area (Å²) >= 11 is 0. The van der Waals surface area contributed by atoms with E-state index in [4.69, 9.17) is 5.73 Å². The molecule has 0 heterocycles. The lowest BCUT2D eigenvalue weighted by atomic mass is 10.1. The average Bonchev–Trinajstić information content (AvgIpc) is 2.42. The molecular weight excluding hydrogens is 262 g/mol. The van der Waals surface area contributed by atoms with Crippen LogP contribution in [0.15, 0.2) is 36.4 Å². The highest BCUT2D eigenvalue weighted by Gasteiger charge is 2.09. The van der Waals surface area contributed by atoms with E-state index in [1.54, 1.807) is 18.2 Å². The number of anilines is 2. The third kappa shape index (κ3) is 2.93. The summed E-state index contributed by atoms with van der Waals surface area (Å²) in [6, 6.07) is 8.16. The molecule has 0 fully saturated rings. The zero-order chi connectivity index (χ0) is 14.7. The van der Waals surface area contributed by atoms with Gasteiger partial charge in [-0.05, 0) is 36.2 Å². The molecule has 0 unspecified atom stereocenters. The van der Waals surface area contributed by atoms with Crippen LogP contribution in [0.1, 0.15) is 22.8 Å². The lowest BCUT2D eigenvalue weighted by Gasteiger charge is -2.08. The molecule has 0 aliphatic carbocycles. The molecule has 1 amide bonds. The minimum absolute atomic E-state index is 0.187. The van der Waals surface area contributed by atoms with Gasteiger partial charge in [-0.2, -0.15) is 0 Å². The van der Waals surface area contributed by atoms with Crippen LogP contribution in [0, 0.1) is 11.6 Å². The summed E-state index contributed by atoms with van der Waals surface area (Å²) < 4.78 is 25.8. The summed E-state index contributed by atoms with van der Waals surface area (Å²) in [7, 11) is 0. The van der Waals surface area contributed by atoms with Gasteiger partial charge in [0.15, 0.2) is 11.6 Å². The van der Waals surface area contributed by atoms with E-state index in [1.807, 2.05) is 6.92 Å². The maximum Gasteiger partial charge on any atom is 0.255 e. The highest BCUT2D eigenvalue weighted by Crippen LogP contribution is 2.17. The van der Waals surface area contributed by atoms with Crippen molar-refractivity contribution in [2.45, 2.75) is 13.3 Å². The molecule has 20 heavy (non-hydrogen) atoms. The van der Waals surface area contributed by atoms with Crippen molar-refractivity contribution >= 4 is 17.3 Å². The number of nitrogen functional groups attached to an aromatic ring is 1. The van der Waals surface area contributed by atoms with Crippen molar-refractivity contribution in [3.63, 3.8) is 0 Å². The number of hydrogen-bond donors (Lipinski definition) is 2. The Labute approximate surface area is 115 Å². The van der Waals surface area contributed by atoms with Crippen molar-refractivity contribution in [3.05, 3.63) is 59.2 Å². The molecular formula is C15H14F2N2O. The Bertz CT molecular complexity index is 656. The number of carbonyl (C=O) groups is 1. The normalized spacial score (nSPS) is 10.3. The highest BCUT2D eigenvalue weighted by atomic mass is 19.2. The van der Waals surface area contributed by atoms with Gasteiger partial charge in [-0.3, -0.25) is 4.79 Å². The van der Waals surface area contributed by atoms with E-state index in [-0.39, 0.29) is 5.69 Å². The molecule has 3 N–H and O–H groups in total. The third-order valence-corrected chi connectivity index (χ3v) is 2.97. The van der Waals surface area contributed by atoms with Crippen molar-refractivity contribution in [1.82, 2.24) is 0 Å². The summed E-state index contributed by atoms with van der Waals surface area (Å²) in [5.41, 5.74) is 7.86. The first-order chi connectivity index (χ1) is 9.51. The van der Waals surface area contributed by atoms with Crippen LogP contribution >= 0.6 is 0 Å². The largest absolute Gasteiger partial charge is 0.398 e. The highest BCUT2D eigenvalue weighted by molar-refractivity contribution is 6.04. The van der Waals surface area contributed by atoms with E-state index in [1.165, 1.54) is 6.07 Å². The van der Waals surface area contributed by atoms with Gasteiger partial charge >= 0.3 is 0 Å². The van der Waals surface area contributed by atoms with Gasteiger partial charge in [0.05, 0.1) is 0 Å². The molecule has 0 saturated carbocycles. The zero-order valence-corrected chi connectivity index (χ0v) is 10.9. The number of aryl methyl sites for hydroxylation is 1. The van der Waals surface area contributed by atoms with Crippen molar-refractivity contribution in [2.75, 3.05) is 11.1 Å². The molecule has 0 atom stereocenters. The number of hydrogen-bond acceptors (Lipinski definition) is 2. The van der Waals surface area contributed by atoms with Gasteiger partial charge < -0.3 is 11.1 Å². The van der Waals surface area contributed by atoms with Crippen LogP contribution in [-0.2, 0) is 6.42 Å². The minimum atomic E-state index is -1.01. The summed E-state index contributed by atoms with van der Waals surface area (Å²) in [6.07, 6.45) is 0.775. The topological polar surface area (TPSA) is 55.1 Å². The van der Waals surface area contributed by atoms with E-state index < -0.39 is 17.5 Å². The Morgan fingerprint density at radius 3 is 2.50 bits per heavy atom. The lowest BCUT2D eigenvalue weighted by Crippen LogP contribution is -2.13. The fourth-order valence-corrected chi connectivity index (χ4v) is 1.84. The second-order valence-corrected chi connectivity index (χ2v) is 4.35. The Morgan fingerprint density at radius 1 is 1.15 bits per heavy atom. The first kappa shape index (κ1) is 14.0. The van der Waals surface area contributed by atoms with Crippen LogP contribution in [-0.4, -0.2) is 5.91 Å². The van der Waals surface area contributed by atoms with Gasteiger partial charge in [0.1, 0.15) is 0 Å². The van der Waals surface area contributed by atoms with Gasteiger partial charge in [-0.15, -0.1) is 0 Å². The van der Waals surface area contributed by atoms with E-state index in [2.05, 4.69) is 5.32 Å². The number of rotatable bonds is 3. The van der Waals surface area contributed by atoms with Gasteiger partial charge in [-0.25, -0.2) is 8.78 Å². The summed E-state index contributed by atoms with van der Waals surface area (Å²) in [5, 5.41) is 2.49. The molecule has 0 radical (unpaired) electrons. The number of benzene rings is 2. The van der Waals surface area contributed by atoms with Crippen molar-refractivity contribution in [2.24, 2.45) is 0 Å². The molecule has 0 aromatic heterocycles. The predicted octanol–water partition coefficient (Wildman–Crippen LogP) is 3.36. The number of nitrogens with two attached hydrogens (primary N) is 1. The van der Waals surface area contributed by atoms with Crippen molar-refractivity contribution in [1.29, 1.82) is 0 Å². The maximum atomic E-state index is 13.0. The van der Waals surface area contributed by atoms with Crippen molar-refractivity contribution in [3.8, 4) is 0 Å². The van der Waals surface area contributed by atoms with Gasteiger partial charge in [-0.1, -0.05) is 13.0 Å². The smallest absolute Gasteiger partial charge is 0.255 e. The Kier molecular flexibility index (Phi) is 3.98. The molecule has 0 aliphatic heterocycles. The van der Waals surface area contributed by atoms with E-state index >= 15 is 0 Å². The van der Waals surface area contributed by atoms with Crippen LogP contribution in [0.5, 0.6) is 0 Å². The second-order valence-electron chi connectivity index (χ2n) is 4.35. The quantitative estimate of drug-likeness (QED) is 0.844. The molecule has 3 nitrogen and oxygen atoms in total. The molecule has 0 saturated heterocycles. The summed E-state index contributed by atoms with van der Waals surface area (Å²) in [5.74, 6) is -2.39. The van der Waals surface area contributed by atoms with E-state index in [0.717, 1.165) is 24.1 Å². The lowest BCUT2D eigenvalue weighted by molar-refractivity contribution is 0.102. The predicted molar refractivity (Wildman–Crippen MR) is 74.5 cm³/mol. The molecule has 104 valence electrons. The Balaban J connectivity index is 2.19. The van der Waals surface area contributed by atoms with Crippen LogP contribution in [0.4, 0.5) is 20.2 Å². The number of nitrogens with one attached hydrogen (secondary N) is 1. The average molecular weight is 276 g/mol. The van der Waals surface area contributed by atoms with Crippen LogP contribution < -0.4 is 11.1 Å². The summed E-state index contributed by atoms with van der Waals surface area (Å²) in [4.78, 5) is 12.0. The fraction of sp³-hybridized carbons (Fsp3) is 0.133. The fourth-order valence-electron chi connectivity index (χ4n) is 1.84. The Morgan fingerprint density at radius 2 is 1.90 bits per heavy atom. The molecule has 2 aromatic carbocycles. The first-order valence-corrected chi connectivity index (χ1v) is 6.16. The zero-order valence-electron chi connectivity index (χ0n) is 10.9. The summed E-state index contributed by atoms with van der Waals surface area (Å²) in [6.45, 7) is 1.97. The third-order valence-electron chi connectivity index (χ3n) is 2.97. The van der Waals surface area contributed by atoms with Gasteiger partial charge in [0.25, 0.3) is 5.91 Å². The van der Waals surface area contributed by atoms with E-state index in [0.29, 0.717) is 11.3 Å². The number of amides is 1. The molecule has 2 rings (SSSR count). The number of carbonyl (C=O) groups excluding carboxylic acids is 1.